The third-order valence-electron chi connectivity index (χ3n) is 2.61. The Balaban J connectivity index is 2.09. The van der Waals surface area contributed by atoms with Crippen LogP contribution in [0.5, 0.6) is 0 Å². The van der Waals surface area contributed by atoms with Gasteiger partial charge in [0.2, 0.25) is 5.91 Å². The molecule has 6 heteroatoms. The predicted molar refractivity (Wildman–Crippen MR) is 64.7 cm³/mol. The van der Waals surface area contributed by atoms with Crippen molar-refractivity contribution in [3.8, 4) is 0 Å². The molecule has 2 rings (SSSR count). The fourth-order valence-electron chi connectivity index (χ4n) is 1.71. The highest BCUT2D eigenvalue weighted by molar-refractivity contribution is 6.33. The zero-order valence-corrected chi connectivity index (χ0v) is 9.75. The summed E-state index contributed by atoms with van der Waals surface area (Å²) < 4.78 is 0. The summed E-state index contributed by atoms with van der Waals surface area (Å²) in [6.45, 7) is 0.449. The van der Waals surface area contributed by atoms with Crippen LogP contribution in [0.15, 0.2) is 18.2 Å². The summed E-state index contributed by atoms with van der Waals surface area (Å²) in [6, 6.07) is 4.69. The number of carbonyl (C=O) groups is 2. The van der Waals surface area contributed by atoms with E-state index in [1.54, 1.807) is 18.2 Å². The first-order valence-electron chi connectivity index (χ1n) is 5.19. The number of rotatable bonds is 2. The van der Waals surface area contributed by atoms with E-state index in [1.165, 1.54) is 0 Å². The van der Waals surface area contributed by atoms with E-state index in [1.807, 2.05) is 0 Å². The fourth-order valence-corrected chi connectivity index (χ4v) is 1.88. The number of amides is 2. The molecule has 0 radical (unpaired) electrons. The van der Waals surface area contributed by atoms with Crippen molar-refractivity contribution >= 4 is 29.1 Å². The molecule has 5 nitrogen and oxygen atoms in total. The fraction of sp³-hybridized carbons (Fsp3) is 0.273. The second-order valence-electron chi connectivity index (χ2n) is 3.88. The van der Waals surface area contributed by atoms with Gasteiger partial charge in [-0.05, 0) is 12.1 Å². The van der Waals surface area contributed by atoms with Crippen LogP contribution in [0.3, 0.4) is 0 Å². The highest BCUT2D eigenvalue weighted by Crippen LogP contribution is 2.22. The molecule has 1 unspecified atom stereocenters. The molecule has 0 aromatic heterocycles. The molecule has 17 heavy (non-hydrogen) atoms. The third kappa shape index (κ3) is 2.50. The summed E-state index contributed by atoms with van der Waals surface area (Å²) in [6.07, 6.45) is 0.298. The number of halogens is 1. The van der Waals surface area contributed by atoms with E-state index in [2.05, 4.69) is 10.6 Å². The number of nitrogen functional groups attached to an aromatic ring is 1. The van der Waals surface area contributed by atoms with E-state index in [-0.39, 0.29) is 23.5 Å². The van der Waals surface area contributed by atoms with Gasteiger partial charge in [0, 0.05) is 13.0 Å². The number of carbonyl (C=O) groups excluding carboxylic acids is 2. The second kappa shape index (κ2) is 4.63. The van der Waals surface area contributed by atoms with Gasteiger partial charge in [-0.25, -0.2) is 0 Å². The predicted octanol–water partition coefficient (Wildman–Crippen LogP) is 0.540. The zero-order valence-electron chi connectivity index (χ0n) is 9.00. The van der Waals surface area contributed by atoms with Crippen molar-refractivity contribution in [3.05, 3.63) is 28.8 Å². The summed E-state index contributed by atoms with van der Waals surface area (Å²) in [5.41, 5.74) is 6.29. The number of nitrogens with two attached hydrogens (primary N) is 1. The quantitative estimate of drug-likeness (QED) is 0.673. The summed E-state index contributed by atoms with van der Waals surface area (Å²) >= 11 is 5.83. The van der Waals surface area contributed by atoms with Gasteiger partial charge in [0.1, 0.15) is 0 Å². The Morgan fingerprint density at radius 1 is 1.53 bits per heavy atom. The van der Waals surface area contributed by atoms with Gasteiger partial charge in [-0.15, -0.1) is 0 Å². The van der Waals surface area contributed by atoms with Crippen molar-refractivity contribution in [1.29, 1.82) is 0 Å². The summed E-state index contributed by atoms with van der Waals surface area (Å²) in [5, 5.41) is 5.72. The van der Waals surface area contributed by atoms with Crippen molar-refractivity contribution in [3.63, 3.8) is 0 Å². The van der Waals surface area contributed by atoms with Crippen molar-refractivity contribution in [2.75, 3.05) is 12.3 Å². The maximum Gasteiger partial charge on any atom is 0.253 e. The van der Waals surface area contributed by atoms with Gasteiger partial charge in [0.15, 0.2) is 0 Å². The van der Waals surface area contributed by atoms with Crippen LogP contribution in [-0.4, -0.2) is 24.4 Å². The van der Waals surface area contributed by atoms with Crippen LogP contribution in [0.1, 0.15) is 16.8 Å². The van der Waals surface area contributed by atoms with Gasteiger partial charge in [0.25, 0.3) is 5.91 Å². The Hall–Kier alpha value is -1.75. The number of anilines is 1. The Morgan fingerprint density at radius 3 is 2.94 bits per heavy atom. The highest BCUT2D eigenvalue weighted by atomic mass is 35.5. The maximum absolute atomic E-state index is 11.9. The van der Waals surface area contributed by atoms with Crippen LogP contribution in [0, 0.1) is 0 Å². The highest BCUT2D eigenvalue weighted by Gasteiger charge is 2.24. The first-order valence-corrected chi connectivity index (χ1v) is 5.57. The lowest BCUT2D eigenvalue weighted by molar-refractivity contribution is -0.119. The average Bonchev–Trinajstić information content (AvgIpc) is 2.68. The lowest BCUT2D eigenvalue weighted by atomic mass is 10.1. The number of nitrogens with one attached hydrogen (secondary N) is 2. The molecule has 0 saturated carbocycles. The first-order chi connectivity index (χ1) is 8.08. The van der Waals surface area contributed by atoms with Gasteiger partial charge in [-0.2, -0.15) is 0 Å². The van der Waals surface area contributed by atoms with E-state index < -0.39 is 0 Å². The Labute approximate surface area is 103 Å². The van der Waals surface area contributed by atoms with Crippen LogP contribution in [-0.2, 0) is 4.79 Å². The smallest absolute Gasteiger partial charge is 0.253 e. The van der Waals surface area contributed by atoms with Crippen LogP contribution in [0.25, 0.3) is 0 Å². The SMILES string of the molecule is Nc1c(Cl)cccc1C(=O)NC1CNC(=O)C1. The number of hydrogen-bond donors (Lipinski definition) is 3. The van der Waals surface area contributed by atoms with Gasteiger partial charge < -0.3 is 16.4 Å². The Morgan fingerprint density at radius 2 is 2.29 bits per heavy atom. The summed E-state index contributed by atoms with van der Waals surface area (Å²) in [7, 11) is 0. The van der Waals surface area contributed by atoms with Crippen LogP contribution < -0.4 is 16.4 Å². The molecular weight excluding hydrogens is 242 g/mol. The first kappa shape index (κ1) is 11.7. The van der Waals surface area contributed by atoms with Crippen LogP contribution >= 0.6 is 11.6 Å². The molecule has 1 aromatic carbocycles. The molecule has 1 heterocycles. The van der Waals surface area contributed by atoms with Crippen LogP contribution in [0.2, 0.25) is 5.02 Å². The topological polar surface area (TPSA) is 84.2 Å². The lowest BCUT2D eigenvalue weighted by Crippen LogP contribution is -2.36. The Kier molecular flexibility index (Phi) is 3.19. The normalized spacial score (nSPS) is 18.9. The van der Waals surface area contributed by atoms with E-state index >= 15 is 0 Å². The minimum absolute atomic E-state index is 0.0608. The van der Waals surface area contributed by atoms with E-state index in [0.717, 1.165) is 0 Å². The number of para-hydroxylation sites is 1. The minimum Gasteiger partial charge on any atom is -0.397 e. The number of hydrogen-bond acceptors (Lipinski definition) is 3. The monoisotopic (exact) mass is 253 g/mol. The van der Waals surface area contributed by atoms with Crippen molar-refractivity contribution in [2.45, 2.75) is 12.5 Å². The van der Waals surface area contributed by atoms with Crippen molar-refractivity contribution < 1.29 is 9.59 Å². The number of benzene rings is 1. The molecule has 0 aliphatic carbocycles. The third-order valence-corrected chi connectivity index (χ3v) is 2.94. The standard InChI is InChI=1S/C11H12ClN3O2/c12-8-3-1-2-7(10(8)13)11(17)15-6-4-9(16)14-5-6/h1-3,6H,4-5,13H2,(H,14,16)(H,15,17). The molecule has 1 atom stereocenters. The lowest BCUT2D eigenvalue weighted by Gasteiger charge is -2.12. The molecule has 0 bridgehead atoms. The van der Waals surface area contributed by atoms with Crippen LogP contribution in [0.4, 0.5) is 5.69 Å². The van der Waals surface area contributed by atoms with Gasteiger partial charge in [0.05, 0.1) is 22.3 Å². The molecule has 1 fully saturated rings. The maximum atomic E-state index is 11.9. The van der Waals surface area contributed by atoms with Gasteiger partial charge in [-0.1, -0.05) is 17.7 Å². The second-order valence-corrected chi connectivity index (χ2v) is 4.29. The molecule has 0 spiro atoms. The zero-order chi connectivity index (χ0) is 12.4. The summed E-state index contributed by atoms with van der Waals surface area (Å²) in [4.78, 5) is 22.9. The molecule has 2 amide bonds. The molecule has 1 aromatic rings. The van der Waals surface area contributed by atoms with E-state index in [4.69, 9.17) is 17.3 Å². The molecule has 1 aliphatic heterocycles. The van der Waals surface area contributed by atoms with Crippen molar-refractivity contribution in [2.24, 2.45) is 0 Å². The molecule has 90 valence electrons. The Bertz CT molecular complexity index is 476. The molecular formula is C11H12ClN3O2. The van der Waals surface area contributed by atoms with Crippen molar-refractivity contribution in [1.82, 2.24) is 10.6 Å². The van der Waals surface area contributed by atoms with Gasteiger partial charge in [-0.3, -0.25) is 9.59 Å². The summed E-state index contributed by atoms with van der Waals surface area (Å²) in [5.74, 6) is -0.374. The van der Waals surface area contributed by atoms with E-state index in [0.29, 0.717) is 23.6 Å². The van der Waals surface area contributed by atoms with Gasteiger partial charge >= 0.3 is 0 Å². The average molecular weight is 254 g/mol. The molecule has 1 aliphatic rings. The largest absolute Gasteiger partial charge is 0.397 e. The van der Waals surface area contributed by atoms with E-state index in [9.17, 15) is 9.59 Å². The molecule has 4 N–H and O–H groups in total. The molecule has 1 saturated heterocycles. The minimum atomic E-state index is -0.313.